The molecule has 2 aromatic rings. The molecule has 0 aromatic heterocycles. The van der Waals surface area contributed by atoms with Crippen molar-refractivity contribution >= 4 is 5.69 Å². The molecule has 2 fully saturated rings. The van der Waals surface area contributed by atoms with E-state index in [1.807, 2.05) is 24.3 Å². The summed E-state index contributed by atoms with van der Waals surface area (Å²) in [6, 6.07) is 14.0. The first-order valence-corrected chi connectivity index (χ1v) is 8.65. The normalized spacial score (nSPS) is 23.9. The van der Waals surface area contributed by atoms with Gasteiger partial charge in [0.05, 0.1) is 5.56 Å². The third-order valence-electron chi connectivity index (χ3n) is 5.45. The lowest BCUT2D eigenvalue weighted by Gasteiger charge is -2.26. The molecule has 0 saturated carbocycles. The van der Waals surface area contributed by atoms with Crippen molar-refractivity contribution in [3.63, 3.8) is 0 Å². The van der Waals surface area contributed by atoms with E-state index in [0.29, 0.717) is 11.6 Å². The number of alkyl halides is 3. The van der Waals surface area contributed by atoms with Crippen LogP contribution >= 0.6 is 0 Å². The van der Waals surface area contributed by atoms with Crippen molar-refractivity contribution in [1.82, 2.24) is 4.90 Å². The van der Waals surface area contributed by atoms with Gasteiger partial charge in [0.25, 0.3) is 0 Å². The minimum absolute atomic E-state index is 0.560. The Morgan fingerprint density at radius 3 is 2.44 bits per heavy atom. The molecule has 0 unspecified atom stereocenters. The number of nitrogens with zero attached hydrogens (tertiary/aromatic N) is 2. The van der Waals surface area contributed by atoms with E-state index in [0.717, 1.165) is 37.2 Å². The molecule has 0 bridgehead atoms. The zero-order valence-corrected chi connectivity index (χ0v) is 14.1. The minimum Gasteiger partial charge on any atom is -0.367 e. The molecular formula is C20H21F3N2. The summed E-state index contributed by atoms with van der Waals surface area (Å²) in [6.45, 7) is 3.30. The molecule has 4 rings (SSSR count). The number of hydrogen-bond acceptors (Lipinski definition) is 2. The fraction of sp³-hybridized carbons (Fsp3) is 0.400. The summed E-state index contributed by atoms with van der Waals surface area (Å²) in [7, 11) is 2.16. The maximum Gasteiger partial charge on any atom is 0.416 e. The second-order valence-electron chi connectivity index (χ2n) is 7.16. The summed E-state index contributed by atoms with van der Waals surface area (Å²) >= 11 is 0. The Balaban J connectivity index is 1.57. The average Bonchev–Trinajstić information content (AvgIpc) is 3.13. The van der Waals surface area contributed by atoms with Gasteiger partial charge in [-0.25, -0.2) is 0 Å². The van der Waals surface area contributed by atoms with E-state index >= 15 is 0 Å². The summed E-state index contributed by atoms with van der Waals surface area (Å²) in [5.41, 5.74) is 1.97. The van der Waals surface area contributed by atoms with Gasteiger partial charge in [-0.3, -0.25) is 0 Å². The van der Waals surface area contributed by atoms with Crippen LogP contribution in [0.5, 0.6) is 0 Å². The Kier molecular flexibility index (Phi) is 3.99. The Morgan fingerprint density at radius 2 is 1.72 bits per heavy atom. The Labute approximate surface area is 145 Å². The number of anilines is 1. The van der Waals surface area contributed by atoms with Gasteiger partial charge in [0.2, 0.25) is 0 Å². The molecule has 132 valence electrons. The summed E-state index contributed by atoms with van der Waals surface area (Å²) in [5, 5.41) is 0. The highest BCUT2D eigenvalue weighted by atomic mass is 19.4. The Bertz CT molecular complexity index is 754. The zero-order chi connectivity index (χ0) is 17.6. The van der Waals surface area contributed by atoms with Gasteiger partial charge in [-0.2, -0.15) is 13.2 Å². The van der Waals surface area contributed by atoms with Crippen molar-refractivity contribution in [3.8, 4) is 11.1 Å². The van der Waals surface area contributed by atoms with Gasteiger partial charge < -0.3 is 9.80 Å². The molecule has 0 aliphatic carbocycles. The highest BCUT2D eigenvalue weighted by Crippen LogP contribution is 2.36. The van der Waals surface area contributed by atoms with Crippen LogP contribution in [0, 0.1) is 5.92 Å². The Hall–Kier alpha value is -2.01. The Morgan fingerprint density at radius 1 is 0.960 bits per heavy atom. The maximum atomic E-state index is 12.9. The standard InChI is InChI=1S/C20H21F3N2/c1-24-12-16-9-10-25(19(16)13-24)18-7-5-14(6-8-18)15-3-2-4-17(11-15)20(21,22)23/h2-8,11,16,19H,9-10,12-13H2,1H3/t16-,19+/m1/s1. The lowest BCUT2D eigenvalue weighted by molar-refractivity contribution is -0.137. The molecule has 2 atom stereocenters. The molecule has 2 aromatic carbocycles. The van der Waals surface area contributed by atoms with Crippen LogP contribution in [0.3, 0.4) is 0 Å². The van der Waals surface area contributed by atoms with Crippen molar-refractivity contribution in [2.24, 2.45) is 5.92 Å². The van der Waals surface area contributed by atoms with Crippen molar-refractivity contribution in [1.29, 1.82) is 0 Å². The van der Waals surface area contributed by atoms with E-state index in [-0.39, 0.29) is 0 Å². The van der Waals surface area contributed by atoms with E-state index in [1.54, 1.807) is 6.07 Å². The molecule has 0 spiro atoms. The van der Waals surface area contributed by atoms with Gasteiger partial charge in [0.15, 0.2) is 0 Å². The van der Waals surface area contributed by atoms with Crippen LogP contribution in [0.25, 0.3) is 11.1 Å². The summed E-state index contributed by atoms with van der Waals surface area (Å²) in [4.78, 5) is 4.82. The quantitative estimate of drug-likeness (QED) is 0.789. The van der Waals surface area contributed by atoms with Gasteiger partial charge in [-0.05, 0) is 54.8 Å². The van der Waals surface area contributed by atoms with Crippen LogP contribution in [0.2, 0.25) is 0 Å². The van der Waals surface area contributed by atoms with Crippen LogP contribution < -0.4 is 4.90 Å². The van der Waals surface area contributed by atoms with Gasteiger partial charge >= 0.3 is 6.18 Å². The molecule has 0 amide bonds. The highest BCUT2D eigenvalue weighted by molar-refractivity contribution is 5.67. The van der Waals surface area contributed by atoms with Crippen molar-refractivity contribution < 1.29 is 13.2 Å². The maximum absolute atomic E-state index is 12.9. The fourth-order valence-electron chi connectivity index (χ4n) is 4.21. The second-order valence-corrected chi connectivity index (χ2v) is 7.16. The number of benzene rings is 2. The molecule has 5 heteroatoms. The summed E-state index contributed by atoms with van der Waals surface area (Å²) in [5.74, 6) is 0.730. The molecule has 2 nitrogen and oxygen atoms in total. The monoisotopic (exact) mass is 346 g/mol. The fourth-order valence-corrected chi connectivity index (χ4v) is 4.21. The lowest BCUT2D eigenvalue weighted by Crippen LogP contribution is -2.34. The third-order valence-corrected chi connectivity index (χ3v) is 5.45. The van der Waals surface area contributed by atoms with Crippen LogP contribution in [-0.2, 0) is 6.18 Å². The topological polar surface area (TPSA) is 6.48 Å². The number of halogens is 3. The molecule has 2 aliphatic rings. The molecule has 2 aliphatic heterocycles. The number of hydrogen-bond donors (Lipinski definition) is 0. The minimum atomic E-state index is -4.31. The number of rotatable bonds is 2. The van der Waals surface area contributed by atoms with Crippen LogP contribution in [0.1, 0.15) is 12.0 Å². The van der Waals surface area contributed by atoms with Gasteiger partial charge in [0.1, 0.15) is 0 Å². The molecular weight excluding hydrogens is 325 g/mol. The summed E-state index contributed by atoms with van der Waals surface area (Å²) in [6.07, 6.45) is -3.10. The van der Waals surface area contributed by atoms with E-state index in [9.17, 15) is 13.2 Å². The molecule has 2 saturated heterocycles. The van der Waals surface area contributed by atoms with Gasteiger partial charge in [0, 0.05) is 31.4 Å². The van der Waals surface area contributed by atoms with E-state index in [2.05, 4.69) is 16.8 Å². The number of likely N-dealkylation sites (N-methyl/N-ethyl adjacent to an activating group) is 1. The smallest absolute Gasteiger partial charge is 0.367 e. The van der Waals surface area contributed by atoms with E-state index < -0.39 is 11.7 Å². The van der Waals surface area contributed by atoms with Crippen LogP contribution in [0.15, 0.2) is 48.5 Å². The second kappa shape index (κ2) is 6.06. The van der Waals surface area contributed by atoms with E-state index in [4.69, 9.17) is 0 Å². The van der Waals surface area contributed by atoms with Crippen LogP contribution in [-0.4, -0.2) is 37.6 Å². The number of likely N-dealkylation sites (tertiary alicyclic amines) is 1. The highest BCUT2D eigenvalue weighted by Gasteiger charge is 2.40. The van der Waals surface area contributed by atoms with Crippen LogP contribution in [0.4, 0.5) is 18.9 Å². The molecule has 2 heterocycles. The molecule has 25 heavy (non-hydrogen) atoms. The van der Waals surface area contributed by atoms with E-state index in [1.165, 1.54) is 24.2 Å². The first-order chi connectivity index (χ1) is 11.9. The van der Waals surface area contributed by atoms with Crippen molar-refractivity contribution in [3.05, 3.63) is 54.1 Å². The van der Waals surface area contributed by atoms with Crippen molar-refractivity contribution in [2.75, 3.05) is 31.6 Å². The number of fused-ring (bicyclic) bond motifs is 1. The predicted octanol–water partition coefficient (Wildman–Crippen LogP) is 4.51. The molecule has 0 N–H and O–H groups in total. The third kappa shape index (κ3) is 3.13. The molecule has 0 radical (unpaired) electrons. The van der Waals surface area contributed by atoms with Gasteiger partial charge in [-0.1, -0.05) is 24.3 Å². The summed E-state index contributed by atoms with van der Waals surface area (Å²) < 4.78 is 38.7. The van der Waals surface area contributed by atoms with Gasteiger partial charge in [-0.15, -0.1) is 0 Å². The predicted molar refractivity (Wildman–Crippen MR) is 93.6 cm³/mol. The largest absolute Gasteiger partial charge is 0.416 e. The lowest BCUT2D eigenvalue weighted by atomic mass is 10.0. The first-order valence-electron chi connectivity index (χ1n) is 8.65. The SMILES string of the molecule is CN1C[C@H]2CCN(c3ccc(-c4cccc(C(F)(F)F)c4)cc3)[C@H]2C1. The average molecular weight is 346 g/mol. The zero-order valence-electron chi connectivity index (χ0n) is 14.1. The van der Waals surface area contributed by atoms with Crippen molar-refractivity contribution in [2.45, 2.75) is 18.6 Å². The first kappa shape index (κ1) is 16.5.